The predicted molar refractivity (Wildman–Crippen MR) is 84.6 cm³/mol. The molecule has 2 rings (SSSR count). The average molecular weight is 310 g/mol. The van der Waals surface area contributed by atoms with E-state index in [-0.39, 0.29) is 5.91 Å². The SMILES string of the molecule is Cc1cc(Cl)ccc1NC(=O)C[NH+](C)Cc1cccs1. The number of hydrogen-bond donors (Lipinski definition) is 2. The molecule has 0 spiro atoms. The summed E-state index contributed by atoms with van der Waals surface area (Å²) in [6, 6.07) is 9.59. The average Bonchev–Trinajstić information content (AvgIpc) is 2.85. The first-order valence-corrected chi connectivity index (χ1v) is 7.70. The van der Waals surface area contributed by atoms with Gasteiger partial charge < -0.3 is 10.2 Å². The maximum absolute atomic E-state index is 12.0. The van der Waals surface area contributed by atoms with Crippen molar-refractivity contribution in [1.29, 1.82) is 0 Å². The summed E-state index contributed by atoms with van der Waals surface area (Å²) in [6.45, 7) is 3.24. The number of carbonyl (C=O) groups excluding carboxylic acids is 1. The lowest BCUT2D eigenvalue weighted by Gasteiger charge is -2.14. The van der Waals surface area contributed by atoms with Gasteiger partial charge in [-0.25, -0.2) is 0 Å². The fraction of sp³-hybridized carbons (Fsp3) is 0.267. The number of benzene rings is 1. The maximum atomic E-state index is 12.0. The highest BCUT2D eigenvalue weighted by atomic mass is 35.5. The molecule has 20 heavy (non-hydrogen) atoms. The van der Waals surface area contributed by atoms with E-state index < -0.39 is 0 Å². The molecule has 0 saturated heterocycles. The number of amides is 1. The summed E-state index contributed by atoms with van der Waals surface area (Å²) in [6.07, 6.45) is 0. The minimum Gasteiger partial charge on any atom is -0.325 e. The van der Waals surface area contributed by atoms with Crippen molar-refractivity contribution < 1.29 is 9.69 Å². The Labute approximate surface area is 128 Å². The van der Waals surface area contributed by atoms with Gasteiger partial charge in [0, 0.05) is 10.7 Å². The number of hydrogen-bond acceptors (Lipinski definition) is 2. The number of nitrogens with one attached hydrogen (secondary N) is 2. The molecule has 0 aliphatic heterocycles. The second-order valence-electron chi connectivity index (χ2n) is 4.90. The second kappa shape index (κ2) is 6.88. The molecule has 0 aliphatic carbocycles. The summed E-state index contributed by atoms with van der Waals surface area (Å²) in [4.78, 5) is 14.5. The van der Waals surface area contributed by atoms with Gasteiger partial charge >= 0.3 is 0 Å². The maximum Gasteiger partial charge on any atom is 0.279 e. The van der Waals surface area contributed by atoms with Gasteiger partial charge in [0.15, 0.2) is 6.54 Å². The highest BCUT2D eigenvalue weighted by molar-refractivity contribution is 7.09. The molecule has 106 valence electrons. The quantitative estimate of drug-likeness (QED) is 0.873. The topological polar surface area (TPSA) is 33.5 Å². The van der Waals surface area contributed by atoms with Gasteiger partial charge in [0.05, 0.1) is 11.9 Å². The van der Waals surface area contributed by atoms with Crippen LogP contribution < -0.4 is 10.2 Å². The third-order valence-electron chi connectivity index (χ3n) is 2.98. The lowest BCUT2D eigenvalue weighted by molar-refractivity contribution is -0.884. The van der Waals surface area contributed by atoms with Crippen LogP contribution in [0.5, 0.6) is 0 Å². The molecule has 1 unspecified atom stereocenters. The Morgan fingerprint density at radius 2 is 2.20 bits per heavy atom. The molecule has 0 aliphatic rings. The van der Waals surface area contributed by atoms with Crippen LogP contribution in [0.15, 0.2) is 35.7 Å². The van der Waals surface area contributed by atoms with Crippen molar-refractivity contribution >= 4 is 34.5 Å². The van der Waals surface area contributed by atoms with Crippen LogP contribution in [0.4, 0.5) is 5.69 Å². The molecule has 0 bridgehead atoms. The Morgan fingerprint density at radius 3 is 2.85 bits per heavy atom. The molecule has 1 aromatic carbocycles. The molecule has 5 heteroatoms. The van der Waals surface area contributed by atoms with Crippen LogP contribution in [0.2, 0.25) is 5.02 Å². The van der Waals surface area contributed by atoms with Gasteiger partial charge in [-0.1, -0.05) is 17.7 Å². The van der Waals surface area contributed by atoms with Gasteiger partial charge in [0.2, 0.25) is 0 Å². The summed E-state index contributed by atoms with van der Waals surface area (Å²) in [5.74, 6) is 0.0180. The Morgan fingerprint density at radius 1 is 1.40 bits per heavy atom. The summed E-state index contributed by atoms with van der Waals surface area (Å²) in [5, 5.41) is 5.67. The van der Waals surface area contributed by atoms with Crippen molar-refractivity contribution in [3.8, 4) is 0 Å². The molecule has 0 radical (unpaired) electrons. The standard InChI is InChI=1S/C15H17ClN2OS/c1-11-8-12(16)5-6-14(11)17-15(19)10-18(2)9-13-4-3-7-20-13/h3-8H,9-10H2,1-2H3,(H,17,19)/p+1. The fourth-order valence-electron chi connectivity index (χ4n) is 2.01. The smallest absolute Gasteiger partial charge is 0.279 e. The van der Waals surface area contributed by atoms with Crippen molar-refractivity contribution in [2.45, 2.75) is 13.5 Å². The van der Waals surface area contributed by atoms with E-state index in [1.807, 2.05) is 32.2 Å². The minimum absolute atomic E-state index is 0.0180. The Kier molecular flexibility index (Phi) is 5.17. The normalized spacial score (nSPS) is 12.2. The van der Waals surface area contributed by atoms with Crippen LogP contribution in [0, 0.1) is 6.92 Å². The molecule has 1 aromatic heterocycles. The molecule has 1 amide bonds. The number of likely N-dealkylation sites (N-methyl/N-ethyl adjacent to an activating group) is 1. The van der Waals surface area contributed by atoms with Crippen LogP contribution in [0.3, 0.4) is 0 Å². The molecule has 3 nitrogen and oxygen atoms in total. The van der Waals surface area contributed by atoms with Gasteiger partial charge in [-0.15, -0.1) is 11.3 Å². The van der Waals surface area contributed by atoms with Crippen LogP contribution in [0.1, 0.15) is 10.4 Å². The zero-order valence-corrected chi connectivity index (χ0v) is 13.1. The van der Waals surface area contributed by atoms with Gasteiger partial charge in [-0.05, 0) is 42.1 Å². The van der Waals surface area contributed by atoms with E-state index in [1.54, 1.807) is 17.4 Å². The zero-order valence-electron chi connectivity index (χ0n) is 11.6. The largest absolute Gasteiger partial charge is 0.325 e. The van der Waals surface area contributed by atoms with E-state index in [2.05, 4.69) is 16.8 Å². The van der Waals surface area contributed by atoms with Gasteiger partial charge in [-0.3, -0.25) is 4.79 Å². The first-order chi connectivity index (χ1) is 9.54. The third kappa shape index (κ3) is 4.34. The summed E-state index contributed by atoms with van der Waals surface area (Å²) >= 11 is 7.62. The van der Waals surface area contributed by atoms with Gasteiger partial charge in [0.25, 0.3) is 5.91 Å². The lowest BCUT2D eigenvalue weighted by atomic mass is 10.2. The van der Waals surface area contributed by atoms with Crippen LogP contribution >= 0.6 is 22.9 Å². The first kappa shape index (κ1) is 15.0. The number of thiophene rings is 1. The van der Waals surface area contributed by atoms with Crippen molar-refractivity contribution in [2.75, 3.05) is 18.9 Å². The third-order valence-corrected chi connectivity index (χ3v) is 4.09. The van der Waals surface area contributed by atoms with Crippen LogP contribution in [-0.4, -0.2) is 19.5 Å². The number of quaternary nitrogens is 1. The van der Waals surface area contributed by atoms with Crippen molar-refractivity contribution in [2.24, 2.45) is 0 Å². The highest BCUT2D eigenvalue weighted by Crippen LogP contribution is 2.19. The molecule has 1 heterocycles. The van der Waals surface area contributed by atoms with Crippen LogP contribution in [0.25, 0.3) is 0 Å². The van der Waals surface area contributed by atoms with Gasteiger partial charge in [0.1, 0.15) is 6.54 Å². The number of carbonyl (C=O) groups is 1. The van der Waals surface area contributed by atoms with E-state index in [1.165, 1.54) is 4.88 Å². The molecule has 0 saturated carbocycles. The number of anilines is 1. The van der Waals surface area contributed by atoms with E-state index in [4.69, 9.17) is 11.6 Å². The molecule has 0 fully saturated rings. The van der Waals surface area contributed by atoms with E-state index in [0.717, 1.165) is 22.7 Å². The van der Waals surface area contributed by atoms with Crippen molar-refractivity contribution in [1.82, 2.24) is 0 Å². The molecular weight excluding hydrogens is 292 g/mol. The van der Waals surface area contributed by atoms with Crippen molar-refractivity contribution in [3.05, 3.63) is 51.2 Å². The molecule has 1 atom stereocenters. The molecule has 2 aromatic rings. The number of aryl methyl sites for hydroxylation is 1. The molecule has 2 N–H and O–H groups in total. The monoisotopic (exact) mass is 309 g/mol. The number of rotatable bonds is 5. The Hall–Kier alpha value is -1.36. The Bertz CT molecular complexity index is 584. The minimum atomic E-state index is 0.0180. The van der Waals surface area contributed by atoms with Gasteiger partial charge in [-0.2, -0.15) is 0 Å². The molecular formula is C15H18ClN2OS+. The summed E-state index contributed by atoms with van der Waals surface area (Å²) in [7, 11) is 2.02. The highest BCUT2D eigenvalue weighted by Gasteiger charge is 2.12. The Balaban J connectivity index is 1.88. The van der Waals surface area contributed by atoms with E-state index in [0.29, 0.717) is 11.6 Å². The van der Waals surface area contributed by atoms with Crippen LogP contribution in [-0.2, 0) is 11.3 Å². The summed E-state index contributed by atoms with van der Waals surface area (Å²) < 4.78 is 0. The lowest BCUT2D eigenvalue weighted by Crippen LogP contribution is -3.08. The predicted octanol–water partition coefficient (Wildman–Crippen LogP) is 2.36. The van der Waals surface area contributed by atoms with Crippen molar-refractivity contribution in [3.63, 3.8) is 0 Å². The first-order valence-electron chi connectivity index (χ1n) is 6.44. The zero-order chi connectivity index (χ0) is 14.5. The number of halogens is 1. The summed E-state index contributed by atoms with van der Waals surface area (Å²) in [5.41, 5.74) is 1.80. The fourth-order valence-corrected chi connectivity index (χ4v) is 3.05. The van der Waals surface area contributed by atoms with E-state index >= 15 is 0 Å². The second-order valence-corrected chi connectivity index (χ2v) is 6.37. The van der Waals surface area contributed by atoms with E-state index in [9.17, 15) is 4.79 Å².